The molecular formula is C11H20N2O2. The van der Waals surface area contributed by atoms with Crippen molar-refractivity contribution in [2.75, 3.05) is 0 Å². The monoisotopic (exact) mass is 212 g/mol. The lowest BCUT2D eigenvalue weighted by Gasteiger charge is -2.16. The van der Waals surface area contributed by atoms with Gasteiger partial charge in [-0.3, -0.25) is 0 Å². The predicted octanol–water partition coefficient (Wildman–Crippen LogP) is 3.19. The van der Waals surface area contributed by atoms with E-state index in [0.29, 0.717) is 5.41 Å². The fraction of sp³-hybridized carbons (Fsp3) is 0.636. The summed E-state index contributed by atoms with van der Waals surface area (Å²) >= 11 is 0. The van der Waals surface area contributed by atoms with Crippen LogP contribution in [0.2, 0.25) is 0 Å². The molecule has 0 rings (SSSR count). The molecule has 0 aliphatic heterocycles. The molecule has 0 bridgehead atoms. The smallest absolute Gasteiger partial charge is 0.222 e. The van der Waals surface area contributed by atoms with Gasteiger partial charge >= 0.3 is 0 Å². The van der Waals surface area contributed by atoms with Crippen LogP contribution in [0.5, 0.6) is 0 Å². The van der Waals surface area contributed by atoms with Crippen molar-refractivity contribution < 1.29 is 9.59 Å². The van der Waals surface area contributed by atoms with Crippen LogP contribution in [-0.4, -0.2) is 12.2 Å². The number of allylic oxidation sites excluding steroid dienone is 1. The fourth-order valence-electron chi connectivity index (χ4n) is 0.777. The van der Waals surface area contributed by atoms with Crippen LogP contribution in [0.25, 0.3) is 0 Å². The van der Waals surface area contributed by atoms with E-state index < -0.39 is 0 Å². The van der Waals surface area contributed by atoms with E-state index in [9.17, 15) is 0 Å². The molecule has 0 unspecified atom stereocenters. The number of nitrogens with one attached hydrogen (secondary N) is 2. The maximum absolute atomic E-state index is 8.35. The molecule has 0 aliphatic rings. The fourth-order valence-corrected chi connectivity index (χ4v) is 0.777. The molecule has 2 N–H and O–H groups in total. The Morgan fingerprint density at radius 3 is 1.73 bits per heavy atom. The average molecular weight is 212 g/mol. The SMILES string of the molecule is C=CCCCC(C)(C)C.N=C=O.N=C=O. The molecule has 15 heavy (non-hydrogen) atoms. The van der Waals surface area contributed by atoms with Crippen LogP contribution in [0, 0.1) is 16.2 Å². The molecule has 4 heteroatoms. The van der Waals surface area contributed by atoms with Gasteiger partial charge in [0.05, 0.1) is 0 Å². The van der Waals surface area contributed by atoms with Crippen LogP contribution in [-0.2, 0) is 9.59 Å². The second-order valence-electron chi connectivity index (χ2n) is 3.95. The first-order chi connectivity index (χ1) is 6.89. The van der Waals surface area contributed by atoms with Crippen molar-refractivity contribution in [1.29, 1.82) is 10.8 Å². The van der Waals surface area contributed by atoms with E-state index in [1.807, 2.05) is 6.08 Å². The number of rotatable bonds is 3. The van der Waals surface area contributed by atoms with Gasteiger partial charge in [-0.15, -0.1) is 6.58 Å². The van der Waals surface area contributed by atoms with Crippen LogP contribution in [0.3, 0.4) is 0 Å². The molecule has 0 saturated carbocycles. The van der Waals surface area contributed by atoms with E-state index in [1.54, 1.807) is 0 Å². The molecule has 86 valence electrons. The average Bonchev–Trinajstić information content (AvgIpc) is 2.05. The Morgan fingerprint density at radius 1 is 1.20 bits per heavy atom. The van der Waals surface area contributed by atoms with Crippen molar-refractivity contribution in [3.8, 4) is 0 Å². The van der Waals surface area contributed by atoms with Crippen LogP contribution in [0.15, 0.2) is 12.7 Å². The third-order valence-corrected chi connectivity index (χ3v) is 1.34. The maximum atomic E-state index is 8.35. The van der Waals surface area contributed by atoms with Crippen molar-refractivity contribution in [3.63, 3.8) is 0 Å². The van der Waals surface area contributed by atoms with Crippen molar-refractivity contribution in [3.05, 3.63) is 12.7 Å². The number of unbranched alkanes of at least 4 members (excludes halogenated alkanes) is 1. The highest BCUT2D eigenvalue weighted by Gasteiger charge is 2.07. The van der Waals surface area contributed by atoms with Crippen molar-refractivity contribution in [2.45, 2.75) is 40.0 Å². The Hall–Kier alpha value is -1.50. The minimum Gasteiger partial charge on any atom is -0.222 e. The van der Waals surface area contributed by atoms with Gasteiger partial charge in [-0.1, -0.05) is 26.8 Å². The quantitative estimate of drug-likeness (QED) is 0.326. The topological polar surface area (TPSA) is 81.8 Å². The van der Waals surface area contributed by atoms with Gasteiger partial charge < -0.3 is 0 Å². The second-order valence-corrected chi connectivity index (χ2v) is 3.95. The van der Waals surface area contributed by atoms with E-state index in [2.05, 4.69) is 27.4 Å². The summed E-state index contributed by atoms with van der Waals surface area (Å²) in [5, 5.41) is 10.8. The second kappa shape index (κ2) is 15.0. The summed E-state index contributed by atoms with van der Waals surface area (Å²) < 4.78 is 0. The first kappa shape index (κ1) is 19.1. The molecule has 0 aliphatic carbocycles. The van der Waals surface area contributed by atoms with E-state index >= 15 is 0 Å². The van der Waals surface area contributed by atoms with Gasteiger partial charge in [-0.25, -0.2) is 20.4 Å². The summed E-state index contributed by atoms with van der Waals surface area (Å²) in [4.78, 5) is 16.7. The minimum absolute atomic E-state index is 0.503. The molecule has 0 saturated heterocycles. The van der Waals surface area contributed by atoms with Gasteiger partial charge in [0, 0.05) is 0 Å². The molecule has 0 aromatic heterocycles. The van der Waals surface area contributed by atoms with E-state index in [0.717, 1.165) is 18.6 Å². The molecule has 0 aromatic rings. The Morgan fingerprint density at radius 2 is 1.53 bits per heavy atom. The van der Waals surface area contributed by atoms with Crippen molar-refractivity contribution in [1.82, 2.24) is 0 Å². The molecule has 0 atom stereocenters. The van der Waals surface area contributed by atoms with Gasteiger partial charge in [-0.2, -0.15) is 0 Å². The number of carbonyl (C=O) groups excluding carboxylic acids is 2. The Labute approximate surface area is 91.4 Å². The zero-order valence-electron chi connectivity index (χ0n) is 9.72. The molecule has 0 spiro atoms. The van der Waals surface area contributed by atoms with Gasteiger partial charge in [0.1, 0.15) is 0 Å². The van der Waals surface area contributed by atoms with Crippen LogP contribution in [0.1, 0.15) is 40.0 Å². The van der Waals surface area contributed by atoms with E-state index in [4.69, 9.17) is 20.4 Å². The van der Waals surface area contributed by atoms with E-state index in [1.165, 1.54) is 12.8 Å². The Balaban J connectivity index is -0.000000200. The summed E-state index contributed by atoms with van der Waals surface area (Å²) in [6.07, 6.45) is 7.25. The third-order valence-electron chi connectivity index (χ3n) is 1.34. The summed E-state index contributed by atoms with van der Waals surface area (Å²) in [7, 11) is 0. The first-order valence-corrected chi connectivity index (χ1v) is 4.58. The van der Waals surface area contributed by atoms with Gasteiger partial charge in [0.15, 0.2) is 0 Å². The molecule has 0 aromatic carbocycles. The minimum atomic E-state index is 0.503. The molecule has 0 fully saturated rings. The van der Waals surface area contributed by atoms with Crippen molar-refractivity contribution >= 4 is 12.2 Å². The highest BCUT2D eigenvalue weighted by molar-refractivity contribution is 5.26. The lowest BCUT2D eigenvalue weighted by molar-refractivity contribution is 0.367. The third kappa shape index (κ3) is 68.1. The van der Waals surface area contributed by atoms with Crippen LogP contribution < -0.4 is 0 Å². The number of hydrogen-bond acceptors (Lipinski definition) is 4. The zero-order chi connectivity index (χ0) is 12.7. The highest BCUT2D eigenvalue weighted by Crippen LogP contribution is 2.21. The van der Waals surface area contributed by atoms with Crippen LogP contribution in [0.4, 0.5) is 0 Å². The number of hydrogen-bond donors (Lipinski definition) is 2. The standard InChI is InChI=1S/C9H18.2CHNO/c1-5-6-7-8-9(2,3)4;2*2-1-3/h5H,1,6-8H2,2-4H3;2*2H. The number of isocyanates is 2. The summed E-state index contributed by atoms with van der Waals surface area (Å²) in [6.45, 7) is 10.5. The largest absolute Gasteiger partial charge is 0.231 e. The molecule has 0 radical (unpaired) electrons. The molecular weight excluding hydrogens is 192 g/mol. The maximum Gasteiger partial charge on any atom is 0.231 e. The van der Waals surface area contributed by atoms with E-state index in [-0.39, 0.29) is 0 Å². The lowest BCUT2D eigenvalue weighted by Crippen LogP contribution is -2.03. The van der Waals surface area contributed by atoms with Gasteiger partial charge in [-0.05, 0) is 24.7 Å². The van der Waals surface area contributed by atoms with Crippen LogP contribution >= 0.6 is 0 Å². The normalized spacial score (nSPS) is 7.93. The van der Waals surface area contributed by atoms with Crippen molar-refractivity contribution in [2.24, 2.45) is 5.41 Å². The molecule has 0 heterocycles. The Bertz CT molecular complexity index is 193. The summed E-state index contributed by atoms with van der Waals surface area (Å²) in [5.74, 6) is 0. The molecule has 4 nitrogen and oxygen atoms in total. The first-order valence-electron chi connectivity index (χ1n) is 4.58. The summed E-state index contributed by atoms with van der Waals surface area (Å²) in [6, 6.07) is 0. The van der Waals surface area contributed by atoms with Gasteiger partial charge in [0.25, 0.3) is 0 Å². The predicted molar refractivity (Wildman–Crippen MR) is 60.3 cm³/mol. The summed E-state index contributed by atoms with van der Waals surface area (Å²) in [5.41, 5.74) is 0.503. The Kier molecular flexibility index (Phi) is 19.1. The highest BCUT2D eigenvalue weighted by atomic mass is 16.1. The lowest BCUT2D eigenvalue weighted by atomic mass is 9.90. The zero-order valence-corrected chi connectivity index (χ0v) is 9.72. The molecule has 0 amide bonds. The van der Waals surface area contributed by atoms with Gasteiger partial charge in [0.2, 0.25) is 12.2 Å².